The minimum absolute atomic E-state index is 0.402. The van der Waals surface area contributed by atoms with Gasteiger partial charge in [0.05, 0.1) is 26.8 Å². The molecule has 0 unspecified atom stereocenters. The molecule has 0 aliphatic rings. The van der Waals surface area contributed by atoms with Gasteiger partial charge < -0.3 is 14.8 Å². The average Bonchev–Trinajstić information content (AvgIpc) is 2.45. The second-order valence-corrected chi connectivity index (χ2v) is 3.29. The van der Waals surface area contributed by atoms with Crippen molar-refractivity contribution >= 4 is 5.95 Å². The van der Waals surface area contributed by atoms with Gasteiger partial charge in [0.15, 0.2) is 0 Å². The first-order chi connectivity index (χ1) is 8.81. The van der Waals surface area contributed by atoms with Gasteiger partial charge in [-0.25, -0.2) is 9.97 Å². The van der Waals surface area contributed by atoms with E-state index in [0.29, 0.717) is 30.1 Å². The van der Waals surface area contributed by atoms with Crippen molar-refractivity contribution in [2.75, 3.05) is 19.5 Å². The molecule has 0 atom stereocenters. The standard InChI is InChI=1S/C11H13N5O2/c1-17-9-6-10(18-2)16-11(15-9)14-7-8-12-4-3-5-13-8/h3-6H,7H2,1-2H3,(H,14,15,16). The van der Waals surface area contributed by atoms with E-state index in [9.17, 15) is 0 Å². The predicted octanol–water partition coefficient (Wildman–Crippen LogP) is 0.896. The number of hydrogen-bond donors (Lipinski definition) is 1. The first-order valence-corrected chi connectivity index (χ1v) is 5.28. The van der Waals surface area contributed by atoms with Crippen molar-refractivity contribution in [2.24, 2.45) is 0 Å². The monoisotopic (exact) mass is 247 g/mol. The number of rotatable bonds is 5. The summed E-state index contributed by atoms with van der Waals surface area (Å²) in [6.07, 6.45) is 3.36. The van der Waals surface area contributed by atoms with E-state index in [0.717, 1.165) is 0 Å². The van der Waals surface area contributed by atoms with Crippen LogP contribution < -0.4 is 14.8 Å². The Labute approximate surface area is 104 Å². The van der Waals surface area contributed by atoms with Gasteiger partial charge in [-0.3, -0.25) is 0 Å². The highest BCUT2D eigenvalue weighted by atomic mass is 16.5. The van der Waals surface area contributed by atoms with Crippen LogP contribution >= 0.6 is 0 Å². The second kappa shape index (κ2) is 5.76. The van der Waals surface area contributed by atoms with Gasteiger partial charge >= 0.3 is 0 Å². The van der Waals surface area contributed by atoms with Crippen molar-refractivity contribution < 1.29 is 9.47 Å². The van der Waals surface area contributed by atoms with Crippen LogP contribution in [0.15, 0.2) is 24.5 Å². The third-order valence-electron chi connectivity index (χ3n) is 2.12. The predicted molar refractivity (Wildman–Crippen MR) is 64.5 cm³/mol. The highest BCUT2D eigenvalue weighted by Crippen LogP contribution is 2.17. The van der Waals surface area contributed by atoms with Gasteiger partial charge in [0.2, 0.25) is 17.7 Å². The summed E-state index contributed by atoms with van der Waals surface area (Å²) in [5.74, 6) is 1.91. The zero-order valence-corrected chi connectivity index (χ0v) is 10.1. The van der Waals surface area contributed by atoms with Crippen LogP contribution in [0.5, 0.6) is 11.8 Å². The number of nitrogens with one attached hydrogen (secondary N) is 1. The minimum Gasteiger partial charge on any atom is -0.481 e. The molecule has 0 aromatic carbocycles. The lowest BCUT2D eigenvalue weighted by molar-refractivity contribution is 0.373. The summed E-state index contributed by atoms with van der Waals surface area (Å²) in [6.45, 7) is 0.428. The fraction of sp³-hybridized carbons (Fsp3) is 0.273. The van der Waals surface area contributed by atoms with E-state index < -0.39 is 0 Å². The molecule has 94 valence electrons. The number of ether oxygens (including phenoxy) is 2. The quantitative estimate of drug-likeness (QED) is 0.840. The number of nitrogens with zero attached hydrogens (tertiary/aromatic N) is 4. The van der Waals surface area contributed by atoms with Crippen molar-refractivity contribution in [1.29, 1.82) is 0 Å². The lowest BCUT2D eigenvalue weighted by Crippen LogP contribution is -2.07. The summed E-state index contributed by atoms with van der Waals surface area (Å²) in [5, 5.41) is 3.00. The summed E-state index contributed by atoms with van der Waals surface area (Å²) >= 11 is 0. The van der Waals surface area contributed by atoms with Crippen molar-refractivity contribution in [1.82, 2.24) is 19.9 Å². The van der Waals surface area contributed by atoms with E-state index in [-0.39, 0.29) is 0 Å². The summed E-state index contributed by atoms with van der Waals surface area (Å²) < 4.78 is 10.1. The number of aromatic nitrogens is 4. The van der Waals surface area contributed by atoms with E-state index in [2.05, 4.69) is 25.3 Å². The molecule has 18 heavy (non-hydrogen) atoms. The first kappa shape index (κ1) is 12.0. The first-order valence-electron chi connectivity index (χ1n) is 5.28. The maximum Gasteiger partial charge on any atom is 0.229 e. The van der Waals surface area contributed by atoms with Gasteiger partial charge in [-0.2, -0.15) is 9.97 Å². The zero-order chi connectivity index (χ0) is 12.8. The van der Waals surface area contributed by atoms with Gasteiger partial charge in [-0.05, 0) is 6.07 Å². The molecule has 2 aromatic rings. The number of methoxy groups -OCH3 is 2. The van der Waals surface area contributed by atoms with Crippen molar-refractivity contribution in [3.63, 3.8) is 0 Å². The molecular weight excluding hydrogens is 234 g/mol. The van der Waals surface area contributed by atoms with E-state index in [1.807, 2.05) is 0 Å². The molecule has 2 aromatic heterocycles. The van der Waals surface area contributed by atoms with Gasteiger partial charge in [0, 0.05) is 12.4 Å². The summed E-state index contributed by atoms with van der Waals surface area (Å²) in [5.41, 5.74) is 0. The highest BCUT2D eigenvalue weighted by molar-refractivity contribution is 5.33. The molecule has 2 rings (SSSR count). The van der Waals surface area contributed by atoms with Crippen LogP contribution in [0.3, 0.4) is 0 Å². The van der Waals surface area contributed by atoms with Gasteiger partial charge in [-0.15, -0.1) is 0 Å². The molecule has 0 amide bonds. The lowest BCUT2D eigenvalue weighted by atomic mass is 10.5. The summed E-state index contributed by atoms with van der Waals surface area (Å²) in [7, 11) is 3.07. The molecule has 0 spiro atoms. The molecule has 0 aliphatic heterocycles. The van der Waals surface area contributed by atoms with Crippen LogP contribution in [-0.4, -0.2) is 34.2 Å². The number of hydrogen-bond acceptors (Lipinski definition) is 7. The Bertz CT molecular complexity index is 484. The molecule has 2 heterocycles. The molecule has 1 N–H and O–H groups in total. The smallest absolute Gasteiger partial charge is 0.229 e. The van der Waals surface area contributed by atoms with Crippen molar-refractivity contribution in [2.45, 2.75) is 6.54 Å². The topological polar surface area (TPSA) is 82.0 Å². The lowest BCUT2D eigenvalue weighted by Gasteiger charge is -2.07. The molecule has 0 fully saturated rings. The molecule has 0 saturated carbocycles. The Morgan fingerprint density at radius 1 is 1.06 bits per heavy atom. The highest BCUT2D eigenvalue weighted by Gasteiger charge is 2.05. The van der Waals surface area contributed by atoms with Crippen LogP contribution in [-0.2, 0) is 6.54 Å². The minimum atomic E-state index is 0.402. The fourth-order valence-corrected chi connectivity index (χ4v) is 1.27. The number of anilines is 1. The normalized spacial score (nSPS) is 9.89. The second-order valence-electron chi connectivity index (χ2n) is 3.29. The Kier molecular flexibility index (Phi) is 3.85. The van der Waals surface area contributed by atoms with Gasteiger partial charge in [0.1, 0.15) is 5.82 Å². The van der Waals surface area contributed by atoms with E-state index in [1.54, 1.807) is 24.5 Å². The van der Waals surface area contributed by atoms with Gasteiger partial charge in [0.25, 0.3) is 0 Å². The largest absolute Gasteiger partial charge is 0.481 e. The Morgan fingerprint density at radius 3 is 2.22 bits per heavy atom. The molecule has 0 saturated heterocycles. The summed E-state index contributed by atoms with van der Waals surface area (Å²) in [6, 6.07) is 3.36. The summed E-state index contributed by atoms with van der Waals surface area (Å²) in [4.78, 5) is 16.4. The zero-order valence-electron chi connectivity index (χ0n) is 10.1. The third kappa shape index (κ3) is 3.03. The fourth-order valence-electron chi connectivity index (χ4n) is 1.27. The van der Waals surface area contributed by atoms with Crippen LogP contribution in [0.4, 0.5) is 5.95 Å². The van der Waals surface area contributed by atoms with Crippen molar-refractivity contribution in [3.8, 4) is 11.8 Å². The van der Waals surface area contributed by atoms with Crippen LogP contribution in [0.1, 0.15) is 5.82 Å². The molecular formula is C11H13N5O2. The molecule has 7 heteroatoms. The van der Waals surface area contributed by atoms with E-state index in [4.69, 9.17) is 9.47 Å². The van der Waals surface area contributed by atoms with Crippen molar-refractivity contribution in [3.05, 3.63) is 30.4 Å². The Balaban J connectivity index is 2.09. The van der Waals surface area contributed by atoms with Crippen LogP contribution in [0.25, 0.3) is 0 Å². The average molecular weight is 247 g/mol. The third-order valence-corrected chi connectivity index (χ3v) is 2.12. The molecule has 7 nitrogen and oxygen atoms in total. The van der Waals surface area contributed by atoms with E-state index >= 15 is 0 Å². The molecule has 0 radical (unpaired) electrons. The Morgan fingerprint density at radius 2 is 1.67 bits per heavy atom. The maximum atomic E-state index is 5.05. The SMILES string of the molecule is COc1cc(OC)nc(NCc2ncccn2)n1. The van der Waals surface area contributed by atoms with Crippen LogP contribution in [0.2, 0.25) is 0 Å². The van der Waals surface area contributed by atoms with Crippen LogP contribution in [0, 0.1) is 0 Å². The maximum absolute atomic E-state index is 5.05. The molecule has 0 bridgehead atoms. The molecule has 0 aliphatic carbocycles. The van der Waals surface area contributed by atoms with E-state index in [1.165, 1.54) is 14.2 Å². The van der Waals surface area contributed by atoms with Gasteiger partial charge in [-0.1, -0.05) is 0 Å². The Hall–Kier alpha value is -2.44.